The lowest BCUT2D eigenvalue weighted by Gasteiger charge is -2.07. The van der Waals surface area contributed by atoms with E-state index in [4.69, 9.17) is 10.5 Å². The van der Waals surface area contributed by atoms with E-state index in [9.17, 15) is 8.42 Å². The minimum atomic E-state index is -3.27. The Bertz CT molecular complexity index is 822. The molecule has 2 aromatic rings. The predicted octanol–water partition coefficient (Wildman–Crippen LogP) is 2.29. The largest absolute Gasteiger partial charge is 0.497 e. The molecule has 0 aliphatic rings. The average Bonchev–Trinajstić information content (AvgIpc) is 2.61. The number of aliphatic imine (C=N–C) groups is 1. The summed E-state index contributed by atoms with van der Waals surface area (Å²) in [6.07, 6.45) is 0. The van der Waals surface area contributed by atoms with Gasteiger partial charge in [-0.05, 0) is 42.4 Å². The Balaban J connectivity index is 0.00000338. The van der Waals surface area contributed by atoms with E-state index in [1.54, 1.807) is 19.2 Å². The molecule has 0 saturated heterocycles. The summed E-state index contributed by atoms with van der Waals surface area (Å²) in [5.41, 5.74) is 8.34. The van der Waals surface area contributed by atoms with Crippen molar-refractivity contribution in [2.24, 2.45) is 10.7 Å². The van der Waals surface area contributed by atoms with Crippen LogP contribution in [0.5, 0.6) is 5.75 Å². The van der Waals surface area contributed by atoms with Gasteiger partial charge in [0.15, 0.2) is 5.96 Å². The first-order valence-corrected chi connectivity index (χ1v) is 9.27. The summed E-state index contributed by atoms with van der Waals surface area (Å²) in [6, 6.07) is 14.6. The van der Waals surface area contributed by atoms with E-state index in [1.165, 1.54) is 7.05 Å². The molecule has 0 fully saturated rings. The normalized spacial score (nSPS) is 11.5. The number of anilines is 1. The van der Waals surface area contributed by atoms with E-state index in [1.807, 2.05) is 36.4 Å². The van der Waals surface area contributed by atoms with Crippen molar-refractivity contribution in [1.29, 1.82) is 0 Å². The molecule has 0 unspecified atom stereocenters. The zero-order valence-corrected chi connectivity index (χ0v) is 17.7. The lowest BCUT2D eigenvalue weighted by atomic mass is 10.1. The van der Waals surface area contributed by atoms with Gasteiger partial charge in [0.25, 0.3) is 0 Å². The molecule has 2 aromatic carbocycles. The van der Waals surface area contributed by atoms with Crippen LogP contribution < -0.4 is 20.5 Å². The number of guanidine groups is 1. The lowest BCUT2D eigenvalue weighted by molar-refractivity contribution is 0.415. The van der Waals surface area contributed by atoms with Crippen LogP contribution in [-0.4, -0.2) is 28.5 Å². The van der Waals surface area contributed by atoms with Gasteiger partial charge in [0, 0.05) is 5.69 Å². The van der Waals surface area contributed by atoms with Crippen LogP contribution in [0.1, 0.15) is 11.1 Å². The van der Waals surface area contributed by atoms with Crippen molar-refractivity contribution in [3.05, 3.63) is 59.7 Å². The Kier molecular flexibility index (Phi) is 8.82. The molecular formula is C17H23IN4O3S. The number of halogens is 1. The highest BCUT2D eigenvalue weighted by Crippen LogP contribution is 2.14. The maximum Gasteiger partial charge on any atom is 0.215 e. The first kappa shape index (κ1) is 22.2. The summed E-state index contributed by atoms with van der Waals surface area (Å²) >= 11 is 0. The minimum Gasteiger partial charge on any atom is -0.497 e. The Morgan fingerprint density at radius 2 is 1.65 bits per heavy atom. The molecule has 0 aliphatic carbocycles. The van der Waals surface area contributed by atoms with E-state index in [0.717, 1.165) is 17.0 Å². The Morgan fingerprint density at radius 3 is 2.19 bits per heavy atom. The average molecular weight is 490 g/mol. The molecule has 0 aliphatic heterocycles. The topological polar surface area (TPSA) is 106 Å². The van der Waals surface area contributed by atoms with Crippen molar-refractivity contribution in [3.63, 3.8) is 0 Å². The Morgan fingerprint density at radius 1 is 1.08 bits per heavy atom. The molecule has 9 heteroatoms. The summed E-state index contributed by atoms with van der Waals surface area (Å²) in [5, 5.41) is 3.00. The van der Waals surface area contributed by atoms with Gasteiger partial charge in [0.05, 0.1) is 19.4 Å². The van der Waals surface area contributed by atoms with Crippen molar-refractivity contribution < 1.29 is 13.2 Å². The maximum absolute atomic E-state index is 11.5. The SMILES string of the molecule is CNS(=O)(=O)Cc1ccc(CN=C(N)Nc2ccc(OC)cc2)cc1.I. The molecule has 4 N–H and O–H groups in total. The van der Waals surface area contributed by atoms with Gasteiger partial charge in [0.1, 0.15) is 5.75 Å². The number of benzene rings is 2. The third kappa shape index (κ3) is 7.18. The molecule has 0 amide bonds. The second-order valence-corrected chi connectivity index (χ2v) is 7.26. The van der Waals surface area contributed by atoms with Crippen LogP contribution >= 0.6 is 24.0 Å². The van der Waals surface area contributed by atoms with Crippen LogP contribution in [0.4, 0.5) is 5.69 Å². The second-order valence-electron chi connectivity index (χ2n) is 5.33. The molecule has 2 rings (SSSR count). The van der Waals surface area contributed by atoms with Gasteiger partial charge in [-0.1, -0.05) is 24.3 Å². The van der Waals surface area contributed by atoms with E-state index in [2.05, 4.69) is 15.0 Å². The van der Waals surface area contributed by atoms with Crippen LogP contribution in [0.2, 0.25) is 0 Å². The fraction of sp³-hybridized carbons (Fsp3) is 0.235. The standard InChI is InChI=1S/C17H22N4O3S.HI/c1-19-25(22,23)12-14-5-3-13(4-6-14)11-20-17(18)21-15-7-9-16(24-2)10-8-15;/h3-10,19H,11-12H2,1-2H3,(H3,18,20,21);1H. The third-order valence-electron chi connectivity index (χ3n) is 3.49. The second kappa shape index (κ2) is 10.3. The van der Waals surface area contributed by atoms with Crippen LogP contribution in [0.25, 0.3) is 0 Å². The lowest BCUT2D eigenvalue weighted by Crippen LogP contribution is -2.22. The number of methoxy groups -OCH3 is 1. The van der Waals surface area contributed by atoms with Crippen molar-refractivity contribution in [2.75, 3.05) is 19.5 Å². The third-order valence-corrected chi connectivity index (χ3v) is 4.82. The number of ether oxygens (including phenoxy) is 1. The van der Waals surface area contributed by atoms with Crippen LogP contribution in [0.3, 0.4) is 0 Å². The quantitative estimate of drug-likeness (QED) is 0.314. The fourth-order valence-electron chi connectivity index (χ4n) is 2.07. The maximum atomic E-state index is 11.5. The van der Waals surface area contributed by atoms with Gasteiger partial charge in [0.2, 0.25) is 10.0 Å². The van der Waals surface area contributed by atoms with Crippen LogP contribution in [0.15, 0.2) is 53.5 Å². The van der Waals surface area contributed by atoms with Crippen molar-refractivity contribution in [2.45, 2.75) is 12.3 Å². The number of rotatable bonds is 7. The number of sulfonamides is 1. The first-order valence-electron chi connectivity index (χ1n) is 7.62. The Hall–Kier alpha value is -1.85. The molecule has 7 nitrogen and oxygen atoms in total. The number of nitrogens with two attached hydrogens (primary N) is 1. The zero-order chi connectivity index (χ0) is 18.3. The van der Waals surface area contributed by atoms with Crippen molar-refractivity contribution in [1.82, 2.24) is 4.72 Å². The first-order chi connectivity index (χ1) is 11.9. The Labute approximate surface area is 171 Å². The fourth-order valence-corrected chi connectivity index (χ4v) is 2.85. The van der Waals surface area contributed by atoms with Gasteiger partial charge in [-0.15, -0.1) is 24.0 Å². The molecule has 0 bridgehead atoms. The summed E-state index contributed by atoms with van der Waals surface area (Å²) in [4.78, 5) is 4.27. The van der Waals surface area contributed by atoms with E-state index >= 15 is 0 Å². The summed E-state index contributed by atoms with van der Waals surface area (Å²) in [6.45, 7) is 0.397. The molecular weight excluding hydrogens is 467 g/mol. The van der Waals surface area contributed by atoms with Gasteiger partial charge in [-0.3, -0.25) is 0 Å². The molecule has 142 valence electrons. The highest BCUT2D eigenvalue weighted by Gasteiger charge is 2.08. The van der Waals surface area contributed by atoms with Crippen LogP contribution in [0, 0.1) is 0 Å². The van der Waals surface area contributed by atoms with E-state index < -0.39 is 10.0 Å². The molecule has 0 spiro atoms. The minimum absolute atomic E-state index is 0. The predicted molar refractivity (Wildman–Crippen MR) is 115 cm³/mol. The van der Waals surface area contributed by atoms with E-state index in [-0.39, 0.29) is 29.7 Å². The smallest absolute Gasteiger partial charge is 0.215 e. The van der Waals surface area contributed by atoms with Gasteiger partial charge < -0.3 is 15.8 Å². The summed E-state index contributed by atoms with van der Waals surface area (Å²) in [7, 11) is -0.259. The van der Waals surface area contributed by atoms with Crippen molar-refractivity contribution >= 4 is 45.6 Å². The molecule has 0 radical (unpaired) electrons. The number of nitrogens with one attached hydrogen (secondary N) is 2. The van der Waals surface area contributed by atoms with Gasteiger partial charge in [-0.25, -0.2) is 18.1 Å². The number of hydrogen-bond acceptors (Lipinski definition) is 4. The number of nitrogens with zero attached hydrogens (tertiary/aromatic N) is 1. The highest BCUT2D eigenvalue weighted by atomic mass is 127. The van der Waals surface area contributed by atoms with E-state index in [0.29, 0.717) is 18.1 Å². The summed E-state index contributed by atoms with van der Waals surface area (Å²) in [5.74, 6) is 1.02. The van der Waals surface area contributed by atoms with Gasteiger partial charge in [-0.2, -0.15) is 0 Å². The van der Waals surface area contributed by atoms with Crippen LogP contribution in [-0.2, 0) is 22.3 Å². The summed E-state index contributed by atoms with van der Waals surface area (Å²) < 4.78 is 30.4. The van der Waals surface area contributed by atoms with Gasteiger partial charge >= 0.3 is 0 Å². The monoisotopic (exact) mass is 490 g/mol. The number of hydrogen-bond donors (Lipinski definition) is 3. The molecule has 0 atom stereocenters. The highest BCUT2D eigenvalue weighted by molar-refractivity contribution is 14.0. The van der Waals surface area contributed by atoms with Crippen molar-refractivity contribution in [3.8, 4) is 5.75 Å². The molecule has 0 heterocycles. The molecule has 0 saturated carbocycles. The molecule has 0 aromatic heterocycles. The molecule has 26 heavy (non-hydrogen) atoms. The zero-order valence-electron chi connectivity index (χ0n) is 14.6.